The molecule has 3 heterocycles. The number of carbonyl (C=O) groups is 4. The van der Waals surface area contributed by atoms with Crippen LogP contribution in [0.4, 0.5) is 16.2 Å². The van der Waals surface area contributed by atoms with Crippen molar-refractivity contribution in [2.75, 3.05) is 18.1 Å². The number of rotatable bonds is 10. The SMILES string of the molecule is NC(=O)[C@H]1[C@@H]2C(=O)O[C@@H](c3ccccc3)[C@@H](c3ccccc3)N2[C@@H](c2cccc(OCCO)c2)[C@]12C(=O)N(C(=O)OCc1ccc([N+](=O)[O-])cc1)c1ccc(C#CC3(O)CCCCCC3)cc12. The van der Waals surface area contributed by atoms with E-state index in [0.29, 0.717) is 46.4 Å². The Labute approximate surface area is 386 Å². The maximum absolute atomic E-state index is 16.2. The minimum Gasteiger partial charge on any atom is -0.491 e. The van der Waals surface area contributed by atoms with Crippen LogP contribution in [0.2, 0.25) is 0 Å². The first-order chi connectivity index (χ1) is 32.4. The van der Waals surface area contributed by atoms with Crippen LogP contribution in [-0.2, 0) is 35.9 Å². The van der Waals surface area contributed by atoms with Crippen molar-refractivity contribution in [3.8, 4) is 17.6 Å². The Morgan fingerprint density at radius 1 is 0.836 bits per heavy atom. The highest BCUT2D eigenvalue weighted by molar-refractivity contribution is 6.23. The zero-order valence-electron chi connectivity index (χ0n) is 36.4. The van der Waals surface area contributed by atoms with Crippen LogP contribution in [0.5, 0.6) is 5.75 Å². The van der Waals surface area contributed by atoms with Crippen molar-refractivity contribution in [1.29, 1.82) is 0 Å². The lowest BCUT2D eigenvalue weighted by Crippen LogP contribution is -2.55. The minimum absolute atomic E-state index is 0.0467. The molecule has 9 rings (SSSR count). The van der Waals surface area contributed by atoms with E-state index in [9.17, 15) is 29.9 Å². The molecule has 3 aliphatic heterocycles. The molecule has 0 unspecified atom stereocenters. The number of primary amides is 1. The van der Waals surface area contributed by atoms with Gasteiger partial charge in [-0.1, -0.05) is 97.5 Å². The molecule has 1 aliphatic carbocycles. The molecule has 5 aromatic rings. The number of nitrogens with zero attached hydrogens (tertiary/aromatic N) is 3. The van der Waals surface area contributed by atoms with E-state index in [-0.39, 0.29) is 36.8 Å². The molecule has 0 radical (unpaired) electrons. The number of hydrogen-bond donors (Lipinski definition) is 3. The molecule has 3 amide bonds. The first-order valence-corrected chi connectivity index (χ1v) is 22.3. The molecule has 6 atom stereocenters. The van der Waals surface area contributed by atoms with Gasteiger partial charge in [0.25, 0.3) is 5.69 Å². The number of cyclic esters (lactones) is 1. The number of non-ortho nitro benzene ring substituents is 1. The molecule has 2 saturated heterocycles. The van der Waals surface area contributed by atoms with Gasteiger partial charge in [-0.25, -0.2) is 9.69 Å². The molecule has 67 heavy (non-hydrogen) atoms. The summed E-state index contributed by atoms with van der Waals surface area (Å²) < 4.78 is 18.1. The molecule has 0 bridgehead atoms. The van der Waals surface area contributed by atoms with Crippen LogP contribution in [0.25, 0.3) is 0 Å². The lowest BCUT2D eigenvalue weighted by molar-refractivity contribution is -0.384. The quantitative estimate of drug-likeness (QED) is 0.0430. The van der Waals surface area contributed by atoms with Crippen LogP contribution in [0.3, 0.4) is 0 Å². The molecule has 0 aromatic heterocycles. The average molecular weight is 905 g/mol. The molecule has 1 saturated carbocycles. The number of hydrogen-bond acceptors (Lipinski definition) is 12. The van der Waals surface area contributed by atoms with Crippen LogP contribution in [-0.4, -0.2) is 68.8 Å². The number of esters is 1. The summed E-state index contributed by atoms with van der Waals surface area (Å²) in [6.45, 7) is -0.735. The highest BCUT2D eigenvalue weighted by Crippen LogP contribution is 2.66. The van der Waals surface area contributed by atoms with Gasteiger partial charge in [0.2, 0.25) is 11.8 Å². The number of fused-ring (bicyclic) bond motifs is 3. The van der Waals surface area contributed by atoms with Crippen LogP contribution in [0, 0.1) is 27.9 Å². The fraction of sp³-hybridized carbons (Fsp3) is 0.308. The Hall–Kier alpha value is -7.38. The summed E-state index contributed by atoms with van der Waals surface area (Å²) in [5.74, 6) is 2.13. The van der Waals surface area contributed by atoms with Gasteiger partial charge in [-0.05, 0) is 96.0 Å². The normalized spacial score (nSPS) is 24.1. The van der Waals surface area contributed by atoms with Crippen molar-refractivity contribution in [3.63, 3.8) is 0 Å². The van der Waals surface area contributed by atoms with E-state index < -0.39 is 70.0 Å². The summed E-state index contributed by atoms with van der Waals surface area (Å²) in [6, 6.07) is 31.7. The smallest absolute Gasteiger partial charge is 0.421 e. The number of ether oxygens (including phenoxy) is 3. The van der Waals surface area contributed by atoms with Gasteiger partial charge in [-0.3, -0.25) is 29.4 Å². The van der Waals surface area contributed by atoms with E-state index in [4.69, 9.17) is 19.9 Å². The second-order valence-electron chi connectivity index (χ2n) is 17.4. The summed E-state index contributed by atoms with van der Waals surface area (Å²) in [6.07, 6.45) is 2.41. The first kappa shape index (κ1) is 44.8. The summed E-state index contributed by atoms with van der Waals surface area (Å²) in [5, 5.41) is 32.7. The minimum atomic E-state index is -2.16. The monoisotopic (exact) mass is 904 g/mol. The Bertz CT molecular complexity index is 2770. The van der Waals surface area contributed by atoms with Crippen molar-refractivity contribution < 1.29 is 48.5 Å². The van der Waals surface area contributed by atoms with Crippen LogP contribution in [0.1, 0.15) is 90.1 Å². The fourth-order valence-electron chi connectivity index (χ4n) is 10.5. The van der Waals surface area contributed by atoms with Crippen molar-refractivity contribution in [3.05, 3.63) is 171 Å². The number of aliphatic hydroxyl groups excluding tert-OH is 1. The van der Waals surface area contributed by atoms with E-state index in [1.54, 1.807) is 36.4 Å². The Balaban J connectivity index is 1.29. The number of morpholine rings is 1. The number of benzene rings is 5. The molecule has 15 nitrogen and oxygen atoms in total. The third kappa shape index (κ3) is 8.17. The summed E-state index contributed by atoms with van der Waals surface area (Å²) in [7, 11) is 0. The van der Waals surface area contributed by atoms with Gasteiger partial charge in [0, 0.05) is 17.7 Å². The van der Waals surface area contributed by atoms with Gasteiger partial charge in [0.15, 0.2) is 0 Å². The molecule has 4 aliphatic rings. The molecule has 15 heteroatoms. The second-order valence-corrected chi connectivity index (χ2v) is 17.4. The van der Waals surface area contributed by atoms with Crippen LogP contribution in [0.15, 0.2) is 127 Å². The van der Waals surface area contributed by atoms with Crippen molar-refractivity contribution >= 4 is 35.3 Å². The van der Waals surface area contributed by atoms with Gasteiger partial charge in [-0.15, -0.1) is 0 Å². The molecule has 3 fully saturated rings. The van der Waals surface area contributed by atoms with E-state index in [1.807, 2.05) is 65.6 Å². The molecule has 5 aromatic carbocycles. The molecular weight excluding hydrogens is 857 g/mol. The predicted molar refractivity (Wildman–Crippen MR) is 243 cm³/mol. The maximum atomic E-state index is 16.2. The van der Waals surface area contributed by atoms with E-state index >= 15 is 9.59 Å². The zero-order chi connectivity index (χ0) is 46.9. The Morgan fingerprint density at radius 3 is 2.16 bits per heavy atom. The van der Waals surface area contributed by atoms with E-state index in [0.717, 1.165) is 30.6 Å². The van der Waals surface area contributed by atoms with Crippen molar-refractivity contribution in [1.82, 2.24) is 4.90 Å². The number of imide groups is 1. The number of amides is 3. The van der Waals surface area contributed by atoms with Crippen molar-refractivity contribution in [2.24, 2.45) is 11.7 Å². The third-order valence-electron chi connectivity index (χ3n) is 13.4. The van der Waals surface area contributed by atoms with Gasteiger partial charge in [0.1, 0.15) is 42.1 Å². The zero-order valence-corrected chi connectivity index (χ0v) is 36.4. The predicted octanol–water partition coefficient (Wildman–Crippen LogP) is 6.89. The average Bonchev–Trinajstić information content (AvgIpc) is 3.68. The van der Waals surface area contributed by atoms with E-state index in [2.05, 4.69) is 11.8 Å². The Morgan fingerprint density at radius 2 is 1.51 bits per heavy atom. The van der Waals surface area contributed by atoms with Gasteiger partial charge in [-0.2, -0.15) is 0 Å². The van der Waals surface area contributed by atoms with E-state index in [1.165, 1.54) is 30.3 Å². The standard InChI is InChI=1S/C52H48N4O11/c53-47(58)42-44-48(59)67-45(36-14-7-4-8-15-36)43(35-12-5-3-6-13-35)55(44)46(37-16-11-17-39(31-37)65-29-28-57)52(42)40-30-33(24-27-51(62)25-9-1-2-10-26-51)20-23-41(40)54(49(52)60)50(61)66-32-34-18-21-38(22-19-34)56(63)64/h3-8,11-23,30-31,42-46,57,62H,1-2,9-10,25-26,28-29,32H2,(H2,53,58)/t42-,43-,44-,45+,46+,52-/m1/s1. The lowest BCUT2D eigenvalue weighted by Gasteiger charge is -2.46. The molecule has 4 N–H and O–H groups in total. The molecule has 1 spiro atoms. The first-order valence-electron chi connectivity index (χ1n) is 22.3. The van der Waals surface area contributed by atoms with Gasteiger partial charge < -0.3 is 30.2 Å². The highest BCUT2D eigenvalue weighted by Gasteiger charge is 2.75. The number of anilines is 1. The maximum Gasteiger partial charge on any atom is 0.421 e. The van der Waals surface area contributed by atoms with Crippen molar-refractivity contribution in [2.45, 2.75) is 80.4 Å². The topological polar surface area (TPSA) is 212 Å². The second kappa shape index (κ2) is 18.5. The van der Waals surface area contributed by atoms with Gasteiger partial charge in [0.05, 0.1) is 35.2 Å². The number of aliphatic hydroxyl groups is 2. The van der Waals surface area contributed by atoms with Crippen LogP contribution >= 0.6 is 0 Å². The molecular formula is C52H48N4O11. The third-order valence-corrected chi connectivity index (χ3v) is 13.4. The number of nitro groups is 1. The summed E-state index contributed by atoms with van der Waals surface area (Å²) >= 11 is 0. The Kier molecular flexibility index (Phi) is 12.4. The summed E-state index contributed by atoms with van der Waals surface area (Å²) in [5.41, 5.74) is 5.61. The number of carbonyl (C=O) groups excluding carboxylic acids is 4. The van der Waals surface area contributed by atoms with Crippen LogP contribution < -0.4 is 15.4 Å². The van der Waals surface area contributed by atoms with Gasteiger partial charge >= 0.3 is 12.1 Å². The largest absolute Gasteiger partial charge is 0.491 e. The summed E-state index contributed by atoms with van der Waals surface area (Å²) in [4.78, 5) is 73.9. The lowest BCUT2D eigenvalue weighted by atomic mass is 9.65. The fourth-order valence-corrected chi connectivity index (χ4v) is 10.5. The molecule has 342 valence electrons. The number of nitrogens with two attached hydrogens (primary N) is 1. The number of nitro benzene ring substituents is 1. The highest BCUT2D eigenvalue weighted by atomic mass is 16.6.